The van der Waals surface area contributed by atoms with Gasteiger partial charge in [-0.2, -0.15) is 5.26 Å². The fourth-order valence-electron chi connectivity index (χ4n) is 2.08. The van der Waals surface area contributed by atoms with Crippen molar-refractivity contribution >= 4 is 0 Å². The SMILES string of the molecule is CC(C)CC(C#N)C1CCCNC1. The zero-order valence-electron chi connectivity index (χ0n) is 8.71. The summed E-state index contributed by atoms with van der Waals surface area (Å²) < 4.78 is 0. The molecule has 0 saturated carbocycles. The van der Waals surface area contributed by atoms with Crippen LogP contribution < -0.4 is 5.32 Å². The molecule has 1 rings (SSSR count). The maximum absolute atomic E-state index is 9.05. The van der Waals surface area contributed by atoms with Crippen LogP contribution in [0, 0.1) is 29.1 Å². The van der Waals surface area contributed by atoms with Crippen molar-refractivity contribution in [3.8, 4) is 6.07 Å². The Morgan fingerprint density at radius 2 is 2.31 bits per heavy atom. The van der Waals surface area contributed by atoms with Crippen LogP contribution in [-0.4, -0.2) is 13.1 Å². The van der Waals surface area contributed by atoms with E-state index in [1.54, 1.807) is 0 Å². The lowest BCUT2D eigenvalue weighted by molar-refractivity contribution is 0.278. The molecule has 1 aliphatic rings. The van der Waals surface area contributed by atoms with Gasteiger partial charge in [-0.1, -0.05) is 13.8 Å². The standard InChI is InChI=1S/C11H20N2/c1-9(2)6-11(7-12)10-4-3-5-13-8-10/h9-11,13H,3-6,8H2,1-2H3. The van der Waals surface area contributed by atoms with Crippen LogP contribution in [0.3, 0.4) is 0 Å². The van der Waals surface area contributed by atoms with Crippen molar-refractivity contribution in [1.29, 1.82) is 5.26 Å². The molecule has 2 heteroatoms. The van der Waals surface area contributed by atoms with E-state index in [2.05, 4.69) is 25.2 Å². The van der Waals surface area contributed by atoms with Gasteiger partial charge < -0.3 is 5.32 Å². The van der Waals surface area contributed by atoms with Crippen LogP contribution in [0.25, 0.3) is 0 Å². The van der Waals surface area contributed by atoms with Crippen LogP contribution in [0.15, 0.2) is 0 Å². The minimum Gasteiger partial charge on any atom is -0.316 e. The fraction of sp³-hybridized carbons (Fsp3) is 0.909. The summed E-state index contributed by atoms with van der Waals surface area (Å²) in [5.41, 5.74) is 0. The number of piperidine rings is 1. The lowest BCUT2D eigenvalue weighted by atomic mass is 9.82. The van der Waals surface area contributed by atoms with E-state index < -0.39 is 0 Å². The summed E-state index contributed by atoms with van der Waals surface area (Å²) in [4.78, 5) is 0. The van der Waals surface area contributed by atoms with Crippen molar-refractivity contribution in [2.45, 2.75) is 33.1 Å². The second-order valence-corrected chi connectivity index (χ2v) is 4.47. The summed E-state index contributed by atoms with van der Waals surface area (Å²) in [6.45, 7) is 6.57. The minimum absolute atomic E-state index is 0.271. The average Bonchev–Trinajstić information content (AvgIpc) is 2.15. The third kappa shape index (κ3) is 3.36. The van der Waals surface area contributed by atoms with Crippen LogP contribution in [0.5, 0.6) is 0 Å². The lowest BCUT2D eigenvalue weighted by Crippen LogP contribution is -2.34. The number of nitrogens with one attached hydrogen (secondary N) is 1. The van der Waals surface area contributed by atoms with Gasteiger partial charge in [-0.3, -0.25) is 0 Å². The Bertz CT molecular complexity index is 175. The van der Waals surface area contributed by atoms with Gasteiger partial charge in [0.25, 0.3) is 0 Å². The first-order valence-corrected chi connectivity index (χ1v) is 5.34. The first-order valence-electron chi connectivity index (χ1n) is 5.34. The maximum Gasteiger partial charge on any atom is 0.0659 e. The van der Waals surface area contributed by atoms with Crippen molar-refractivity contribution in [3.05, 3.63) is 0 Å². The molecular formula is C11H20N2. The first-order chi connectivity index (χ1) is 6.24. The Balaban J connectivity index is 2.40. The van der Waals surface area contributed by atoms with E-state index in [-0.39, 0.29) is 5.92 Å². The second kappa shape index (κ2) is 5.24. The Hall–Kier alpha value is -0.550. The molecule has 13 heavy (non-hydrogen) atoms. The van der Waals surface area contributed by atoms with Crippen LogP contribution in [0.1, 0.15) is 33.1 Å². The van der Waals surface area contributed by atoms with Gasteiger partial charge in [0, 0.05) is 0 Å². The quantitative estimate of drug-likeness (QED) is 0.722. The van der Waals surface area contributed by atoms with E-state index in [4.69, 9.17) is 5.26 Å². The molecule has 0 aromatic carbocycles. The summed E-state index contributed by atoms with van der Waals surface area (Å²) in [5, 5.41) is 12.4. The monoisotopic (exact) mass is 180 g/mol. The third-order valence-corrected chi connectivity index (χ3v) is 2.80. The van der Waals surface area contributed by atoms with Crippen molar-refractivity contribution in [3.63, 3.8) is 0 Å². The zero-order chi connectivity index (χ0) is 9.68. The molecule has 0 radical (unpaired) electrons. The molecule has 74 valence electrons. The predicted octanol–water partition coefficient (Wildman–Crippen LogP) is 2.17. The number of nitriles is 1. The molecule has 1 aliphatic heterocycles. The van der Waals surface area contributed by atoms with Gasteiger partial charge in [0.2, 0.25) is 0 Å². The molecule has 0 aliphatic carbocycles. The Labute approximate surface area is 81.3 Å². The highest BCUT2D eigenvalue weighted by molar-refractivity contribution is 4.90. The fourth-order valence-corrected chi connectivity index (χ4v) is 2.08. The van der Waals surface area contributed by atoms with Gasteiger partial charge in [-0.25, -0.2) is 0 Å². The second-order valence-electron chi connectivity index (χ2n) is 4.47. The molecule has 2 unspecified atom stereocenters. The van der Waals surface area contributed by atoms with E-state index in [0.29, 0.717) is 11.8 Å². The molecule has 0 amide bonds. The van der Waals surface area contributed by atoms with Crippen LogP contribution in [-0.2, 0) is 0 Å². The van der Waals surface area contributed by atoms with Gasteiger partial charge in [-0.15, -0.1) is 0 Å². The van der Waals surface area contributed by atoms with E-state index in [9.17, 15) is 0 Å². The van der Waals surface area contributed by atoms with Crippen molar-refractivity contribution < 1.29 is 0 Å². The molecule has 2 nitrogen and oxygen atoms in total. The van der Waals surface area contributed by atoms with Crippen molar-refractivity contribution in [1.82, 2.24) is 5.32 Å². The molecule has 2 atom stereocenters. The summed E-state index contributed by atoms with van der Waals surface area (Å²) in [5.74, 6) is 1.51. The molecule has 0 bridgehead atoms. The van der Waals surface area contributed by atoms with Gasteiger partial charge in [0.1, 0.15) is 0 Å². The zero-order valence-corrected chi connectivity index (χ0v) is 8.71. The topological polar surface area (TPSA) is 35.8 Å². The highest BCUT2D eigenvalue weighted by Gasteiger charge is 2.23. The van der Waals surface area contributed by atoms with Gasteiger partial charge in [-0.05, 0) is 44.2 Å². The molecule has 0 aromatic rings. The molecule has 0 aromatic heterocycles. The molecule has 0 spiro atoms. The van der Waals surface area contributed by atoms with Crippen LogP contribution in [0.4, 0.5) is 0 Å². The van der Waals surface area contributed by atoms with Gasteiger partial charge >= 0.3 is 0 Å². The van der Waals surface area contributed by atoms with Crippen molar-refractivity contribution in [2.24, 2.45) is 17.8 Å². The van der Waals surface area contributed by atoms with Crippen molar-refractivity contribution in [2.75, 3.05) is 13.1 Å². The Kier molecular flexibility index (Phi) is 4.24. The molecule has 1 fully saturated rings. The van der Waals surface area contributed by atoms with Gasteiger partial charge in [0.05, 0.1) is 12.0 Å². The smallest absolute Gasteiger partial charge is 0.0659 e. The normalized spacial score (nSPS) is 25.5. The van der Waals surface area contributed by atoms with Crippen LogP contribution in [0.2, 0.25) is 0 Å². The highest BCUT2D eigenvalue weighted by Crippen LogP contribution is 2.25. The lowest BCUT2D eigenvalue weighted by Gasteiger charge is -2.27. The predicted molar refractivity (Wildman–Crippen MR) is 54.2 cm³/mol. The first kappa shape index (κ1) is 10.5. The molecular weight excluding hydrogens is 160 g/mol. The Morgan fingerprint density at radius 3 is 2.77 bits per heavy atom. The minimum atomic E-state index is 0.271. The summed E-state index contributed by atoms with van der Waals surface area (Å²) >= 11 is 0. The van der Waals surface area contributed by atoms with Gasteiger partial charge in [0.15, 0.2) is 0 Å². The van der Waals surface area contributed by atoms with E-state index in [0.717, 1.165) is 19.5 Å². The third-order valence-electron chi connectivity index (χ3n) is 2.80. The molecule has 1 saturated heterocycles. The molecule has 1 heterocycles. The number of hydrogen-bond donors (Lipinski definition) is 1. The highest BCUT2D eigenvalue weighted by atomic mass is 14.9. The summed E-state index contributed by atoms with van der Waals surface area (Å²) in [6.07, 6.45) is 3.53. The summed E-state index contributed by atoms with van der Waals surface area (Å²) in [6, 6.07) is 2.46. The maximum atomic E-state index is 9.05. The van der Waals surface area contributed by atoms with E-state index >= 15 is 0 Å². The Morgan fingerprint density at radius 1 is 1.54 bits per heavy atom. The van der Waals surface area contributed by atoms with E-state index in [1.165, 1.54) is 12.8 Å². The average molecular weight is 180 g/mol. The number of hydrogen-bond acceptors (Lipinski definition) is 2. The van der Waals surface area contributed by atoms with E-state index in [1.807, 2.05) is 0 Å². The number of rotatable bonds is 3. The molecule has 1 N–H and O–H groups in total. The largest absolute Gasteiger partial charge is 0.316 e. The number of nitrogens with zero attached hydrogens (tertiary/aromatic N) is 1. The van der Waals surface area contributed by atoms with Crippen LogP contribution >= 0.6 is 0 Å². The summed E-state index contributed by atoms with van der Waals surface area (Å²) in [7, 11) is 0.